The van der Waals surface area contributed by atoms with Gasteiger partial charge in [0.05, 0.1) is 5.41 Å². The van der Waals surface area contributed by atoms with Crippen molar-refractivity contribution in [2.45, 2.75) is 31.6 Å². The van der Waals surface area contributed by atoms with Gasteiger partial charge < -0.3 is 0 Å². The molecule has 2 rings (SSSR count). The zero-order valence-corrected chi connectivity index (χ0v) is 9.89. The smallest absolute Gasteiger partial charge is 0.143 e. The third-order valence-electron chi connectivity index (χ3n) is 3.55. The molecule has 1 aliphatic rings. The Hall–Kier alpha value is -1.80. The minimum absolute atomic E-state index is 0.203. The average molecular weight is 229 g/mol. The molecule has 1 fully saturated rings. The summed E-state index contributed by atoms with van der Waals surface area (Å²) < 4.78 is 0. The van der Waals surface area contributed by atoms with Crippen LogP contribution < -0.4 is 0 Å². The fraction of sp³-hybridized carbons (Fsp3) is 0.462. The molecular weight excluding hydrogens is 214 g/mol. The van der Waals surface area contributed by atoms with Crippen molar-refractivity contribution in [2.75, 3.05) is 6.54 Å². The van der Waals surface area contributed by atoms with Crippen molar-refractivity contribution in [1.82, 2.24) is 0 Å². The van der Waals surface area contributed by atoms with Gasteiger partial charge in [-0.15, -0.1) is 0 Å². The maximum absolute atomic E-state index is 12.1. The molecule has 4 nitrogen and oxygen atoms in total. The van der Waals surface area contributed by atoms with Crippen molar-refractivity contribution < 1.29 is 4.79 Å². The fourth-order valence-electron chi connectivity index (χ4n) is 2.52. The zero-order valence-electron chi connectivity index (χ0n) is 9.89. The minimum Gasteiger partial charge on any atom is -0.299 e. The molecule has 4 heteroatoms. The molecule has 0 aliphatic heterocycles. The van der Waals surface area contributed by atoms with Crippen LogP contribution in [0.5, 0.6) is 0 Å². The maximum Gasteiger partial charge on any atom is 0.143 e. The lowest BCUT2D eigenvalue weighted by Crippen LogP contribution is -2.34. The van der Waals surface area contributed by atoms with E-state index in [1.54, 1.807) is 0 Å². The first-order valence-electron chi connectivity index (χ1n) is 5.80. The SMILES string of the molecule is Cc1ccc(C2(CN=[N+]=[N-])CCCC2=O)cc1. The Kier molecular flexibility index (Phi) is 3.16. The lowest BCUT2D eigenvalue weighted by molar-refractivity contribution is -0.121. The van der Waals surface area contributed by atoms with Gasteiger partial charge in [0.15, 0.2) is 0 Å². The first kappa shape index (κ1) is 11.7. The molecule has 0 amide bonds. The van der Waals surface area contributed by atoms with Crippen LogP contribution in [-0.4, -0.2) is 12.3 Å². The summed E-state index contributed by atoms with van der Waals surface area (Å²) in [4.78, 5) is 14.9. The van der Waals surface area contributed by atoms with E-state index in [0.717, 1.165) is 24.0 Å². The van der Waals surface area contributed by atoms with E-state index in [1.807, 2.05) is 31.2 Å². The van der Waals surface area contributed by atoms with Crippen LogP contribution >= 0.6 is 0 Å². The molecule has 1 aliphatic carbocycles. The van der Waals surface area contributed by atoms with E-state index in [0.29, 0.717) is 6.42 Å². The molecule has 1 aromatic carbocycles. The molecule has 0 bridgehead atoms. The number of aryl methyl sites for hydroxylation is 1. The molecular formula is C13H15N3O. The number of benzene rings is 1. The second-order valence-electron chi connectivity index (χ2n) is 4.61. The highest BCUT2D eigenvalue weighted by Crippen LogP contribution is 2.38. The van der Waals surface area contributed by atoms with Gasteiger partial charge in [-0.25, -0.2) is 0 Å². The molecule has 88 valence electrons. The first-order chi connectivity index (χ1) is 8.19. The zero-order chi connectivity index (χ0) is 12.3. The number of nitrogens with zero attached hydrogens (tertiary/aromatic N) is 3. The number of carbonyl (C=O) groups is 1. The highest BCUT2D eigenvalue weighted by molar-refractivity contribution is 5.92. The first-order valence-corrected chi connectivity index (χ1v) is 5.80. The van der Waals surface area contributed by atoms with Crippen molar-refractivity contribution in [3.8, 4) is 0 Å². The largest absolute Gasteiger partial charge is 0.299 e. The van der Waals surface area contributed by atoms with Gasteiger partial charge in [0, 0.05) is 17.9 Å². The number of hydrogen-bond donors (Lipinski definition) is 0. The van der Waals surface area contributed by atoms with Gasteiger partial charge >= 0.3 is 0 Å². The van der Waals surface area contributed by atoms with Gasteiger partial charge in [0.1, 0.15) is 5.78 Å². The van der Waals surface area contributed by atoms with Crippen molar-refractivity contribution in [2.24, 2.45) is 5.11 Å². The Morgan fingerprint density at radius 2 is 2.12 bits per heavy atom. The second kappa shape index (κ2) is 4.60. The predicted molar refractivity (Wildman–Crippen MR) is 65.7 cm³/mol. The van der Waals surface area contributed by atoms with Crippen LogP contribution in [0.25, 0.3) is 10.4 Å². The summed E-state index contributed by atoms with van der Waals surface area (Å²) in [6.45, 7) is 2.26. The third-order valence-corrected chi connectivity index (χ3v) is 3.55. The van der Waals surface area contributed by atoms with Gasteiger partial charge in [0.25, 0.3) is 0 Å². The van der Waals surface area contributed by atoms with Crippen molar-refractivity contribution in [1.29, 1.82) is 0 Å². The Morgan fingerprint density at radius 1 is 1.41 bits per heavy atom. The molecule has 17 heavy (non-hydrogen) atoms. The molecule has 1 saturated carbocycles. The summed E-state index contributed by atoms with van der Waals surface area (Å²) >= 11 is 0. The lowest BCUT2D eigenvalue weighted by atomic mass is 9.78. The molecule has 1 unspecified atom stereocenters. The molecule has 0 N–H and O–H groups in total. The molecule has 0 heterocycles. The van der Waals surface area contributed by atoms with E-state index >= 15 is 0 Å². The summed E-state index contributed by atoms with van der Waals surface area (Å²) in [6.07, 6.45) is 2.26. The number of hydrogen-bond acceptors (Lipinski definition) is 2. The van der Waals surface area contributed by atoms with Gasteiger partial charge in [-0.3, -0.25) is 4.79 Å². The van der Waals surface area contributed by atoms with Crippen LogP contribution in [0, 0.1) is 6.92 Å². The average Bonchev–Trinajstić information content (AvgIpc) is 2.70. The Morgan fingerprint density at radius 3 is 2.65 bits per heavy atom. The standard InChI is InChI=1S/C13H15N3O/c1-10-4-6-11(7-5-10)13(9-15-16-14)8-2-3-12(13)17/h4-7H,2-3,8-9H2,1H3. The van der Waals surface area contributed by atoms with E-state index in [9.17, 15) is 4.79 Å². The highest BCUT2D eigenvalue weighted by atomic mass is 16.1. The summed E-state index contributed by atoms with van der Waals surface area (Å²) in [5.41, 5.74) is 10.0. The minimum atomic E-state index is -0.570. The van der Waals surface area contributed by atoms with Gasteiger partial charge in [-0.05, 0) is 30.9 Å². The van der Waals surface area contributed by atoms with E-state index in [1.165, 1.54) is 0 Å². The second-order valence-corrected chi connectivity index (χ2v) is 4.61. The lowest BCUT2D eigenvalue weighted by Gasteiger charge is -2.26. The summed E-state index contributed by atoms with van der Waals surface area (Å²) in [7, 11) is 0. The third kappa shape index (κ3) is 2.04. The normalized spacial score (nSPS) is 23.5. The van der Waals surface area contributed by atoms with Crippen LogP contribution in [0.4, 0.5) is 0 Å². The Balaban J connectivity index is 2.42. The monoisotopic (exact) mass is 229 g/mol. The molecule has 0 spiro atoms. The van der Waals surface area contributed by atoms with Crippen molar-refractivity contribution in [3.05, 3.63) is 45.8 Å². The van der Waals surface area contributed by atoms with Crippen molar-refractivity contribution >= 4 is 5.78 Å². The number of Topliss-reactive ketones (excluding diaryl/α,β-unsaturated/α-hetero) is 1. The van der Waals surface area contributed by atoms with Gasteiger partial charge in [-0.2, -0.15) is 0 Å². The number of rotatable bonds is 3. The Bertz CT molecular complexity index is 474. The molecule has 0 aromatic heterocycles. The van der Waals surface area contributed by atoms with Gasteiger partial charge in [-0.1, -0.05) is 34.9 Å². The van der Waals surface area contributed by atoms with Crippen LogP contribution in [0.1, 0.15) is 30.4 Å². The van der Waals surface area contributed by atoms with E-state index in [2.05, 4.69) is 10.0 Å². The predicted octanol–water partition coefficient (Wildman–Crippen LogP) is 3.30. The number of carbonyl (C=O) groups excluding carboxylic acids is 1. The quantitative estimate of drug-likeness (QED) is 0.445. The van der Waals surface area contributed by atoms with E-state index in [4.69, 9.17) is 5.53 Å². The number of ketones is 1. The van der Waals surface area contributed by atoms with Crippen LogP contribution in [0.15, 0.2) is 29.4 Å². The fourth-order valence-corrected chi connectivity index (χ4v) is 2.52. The summed E-state index contributed by atoms with van der Waals surface area (Å²) in [6, 6.07) is 7.95. The topological polar surface area (TPSA) is 65.8 Å². The molecule has 0 saturated heterocycles. The van der Waals surface area contributed by atoms with Crippen LogP contribution in [0.2, 0.25) is 0 Å². The van der Waals surface area contributed by atoms with E-state index < -0.39 is 5.41 Å². The highest BCUT2D eigenvalue weighted by Gasteiger charge is 2.42. The number of azide groups is 1. The maximum atomic E-state index is 12.1. The van der Waals surface area contributed by atoms with E-state index in [-0.39, 0.29) is 12.3 Å². The van der Waals surface area contributed by atoms with Crippen LogP contribution in [0.3, 0.4) is 0 Å². The summed E-state index contributed by atoms with van der Waals surface area (Å²) in [5.74, 6) is 0.203. The Labute approximate surface area is 100 Å². The molecule has 1 atom stereocenters. The van der Waals surface area contributed by atoms with Gasteiger partial charge in [0.2, 0.25) is 0 Å². The van der Waals surface area contributed by atoms with Crippen LogP contribution in [-0.2, 0) is 10.2 Å². The van der Waals surface area contributed by atoms with Crippen molar-refractivity contribution in [3.63, 3.8) is 0 Å². The molecule has 0 radical (unpaired) electrons. The molecule has 1 aromatic rings. The summed E-state index contributed by atoms with van der Waals surface area (Å²) in [5, 5.41) is 3.63.